The molecule has 1 amide bonds. The molecule has 2 bridgehead atoms. The molecule has 2 N–H and O–H groups in total. The van der Waals surface area contributed by atoms with Crippen LogP contribution in [0.4, 0.5) is 31.1 Å². The fraction of sp³-hybridized carbons (Fsp3) is 0.458. The van der Waals surface area contributed by atoms with Gasteiger partial charge in [0.25, 0.3) is 0 Å². The molecule has 2 aromatic carbocycles. The van der Waals surface area contributed by atoms with Crippen LogP contribution in [0.1, 0.15) is 41.5 Å². The van der Waals surface area contributed by atoms with E-state index in [0.29, 0.717) is 31.4 Å². The van der Waals surface area contributed by atoms with Gasteiger partial charge in [-0.05, 0) is 48.6 Å². The van der Waals surface area contributed by atoms with Crippen molar-refractivity contribution in [1.29, 1.82) is 0 Å². The number of nitrogens with one attached hydrogen (secondary N) is 2. The Bertz CT molecular complexity index is 1030. The number of amides is 1. The Balaban J connectivity index is 0.00000361. The second kappa shape index (κ2) is 10.5. The van der Waals surface area contributed by atoms with Gasteiger partial charge in [0.1, 0.15) is 0 Å². The van der Waals surface area contributed by atoms with Gasteiger partial charge in [-0.15, -0.1) is 12.4 Å². The van der Waals surface area contributed by atoms with Gasteiger partial charge in [-0.25, -0.2) is 4.79 Å². The monoisotopic (exact) mass is 538 g/mol. The molecule has 0 aromatic heterocycles. The van der Waals surface area contributed by atoms with Crippen LogP contribution in [0.15, 0.2) is 48.5 Å². The Morgan fingerprint density at radius 3 is 2.19 bits per heavy atom. The van der Waals surface area contributed by atoms with Gasteiger partial charge in [0.15, 0.2) is 0 Å². The standard InChI is InChI=1S/C24H24F6N2O3.ClH/c1-34-21(33)31-19-12-22(15-5-3-2-4-6-15)20(8-7-18(19)32-22)35-13-14-9-16(23(25,26)27)11-17(10-14)24(28,29)30;/h2-6,9-11,18-20,32H,7-8,12-13H2,1H3,(H,31,33);1H/t18-,19+,20+,22+;/m0./s1. The Morgan fingerprint density at radius 1 is 1.03 bits per heavy atom. The van der Waals surface area contributed by atoms with Crippen LogP contribution in [0.25, 0.3) is 0 Å². The number of ether oxygens (including phenoxy) is 2. The van der Waals surface area contributed by atoms with E-state index in [1.165, 1.54) is 7.11 Å². The summed E-state index contributed by atoms with van der Waals surface area (Å²) in [6.45, 7) is -0.437. The minimum atomic E-state index is -4.93. The maximum Gasteiger partial charge on any atom is 0.416 e. The molecular formula is C24H25ClF6N2O3. The van der Waals surface area contributed by atoms with Gasteiger partial charge >= 0.3 is 18.4 Å². The molecule has 36 heavy (non-hydrogen) atoms. The summed E-state index contributed by atoms with van der Waals surface area (Å²) in [6.07, 6.45) is -9.51. The summed E-state index contributed by atoms with van der Waals surface area (Å²) in [5, 5.41) is 6.31. The average molecular weight is 539 g/mol. The predicted octanol–water partition coefficient (Wildman–Crippen LogP) is 5.81. The van der Waals surface area contributed by atoms with Crippen LogP contribution in [0.3, 0.4) is 0 Å². The summed E-state index contributed by atoms with van der Waals surface area (Å²) < 4.78 is 90.2. The van der Waals surface area contributed by atoms with Crippen molar-refractivity contribution >= 4 is 18.5 Å². The molecule has 0 aliphatic carbocycles. The minimum absolute atomic E-state index is 0. The van der Waals surface area contributed by atoms with Crippen LogP contribution in [-0.4, -0.2) is 31.4 Å². The van der Waals surface area contributed by atoms with Gasteiger partial charge in [-0.3, -0.25) is 0 Å². The number of hydrogen-bond acceptors (Lipinski definition) is 4. The third-order valence-corrected chi connectivity index (χ3v) is 6.64. The molecular weight excluding hydrogens is 514 g/mol. The molecule has 2 aromatic rings. The molecule has 2 heterocycles. The van der Waals surface area contributed by atoms with Crippen LogP contribution in [0, 0.1) is 0 Å². The first-order valence-corrected chi connectivity index (χ1v) is 11.0. The maximum absolute atomic E-state index is 13.2. The summed E-state index contributed by atoms with van der Waals surface area (Å²) in [5.41, 5.74) is -2.92. The molecule has 12 heteroatoms. The van der Waals surface area contributed by atoms with E-state index in [1.807, 2.05) is 30.3 Å². The highest BCUT2D eigenvalue weighted by molar-refractivity contribution is 5.85. The number of alkyl carbamates (subject to hydrolysis) is 1. The molecule has 4 rings (SSSR count). The van der Waals surface area contributed by atoms with Crippen molar-refractivity contribution < 1.29 is 40.6 Å². The zero-order valence-electron chi connectivity index (χ0n) is 19.1. The Labute approximate surface area is 209 Å². The van der Waals surface area contributed by atoms with Gasteiger partial charge in [-0.1, -0.05) is 30.3 Å². The SMILES string of the molecule is COC(=O)N[C@@H]1C[C@]2(c3ccccc3)N[C@H]1CC[C@H]2OCc1cc(C(F)(F)F)cc(C(F)(F)F)c1.Cl. The number of fused-ring (bicyclic) bond motifs is 2. The smallest absolute Gasteiger partial charge is 0.416 e. The zero-order chi connectivity index (χ0) is 25.4. The number of carbonyl (C=O) groups is 1. The highest BCUT2D eigenvalue weighted by Crippen LogP contribution is 2.45. The lowest BCUT2D eigenvalue weighted by atomic mass is 9.80. The summed E-state index contributed by atoms with van der Waals surface area (Å²) >= 11 is 0. The molecule has 5 nitrogen and oxygen atoms in total. The summed E-state index contributed by atoms with van der Waals surface area (Å²) in [6, 6.07) is 10.3. The minimum Gasteiger partial charge on any atom is -0.453 e. The fourth-order valence-corrected chi connectivity index (χ4v) is 5.06. The number of halogens is 7. The summed E-state index contributed by atoms with van der Waals surface area (Å²) in [5.74, 6) is 0. The van der Waals surface area contributed by atoms with Crippen molar-refractivity contribution in [1.82, 2.24) is 10.6 Å². The lowest BCUT2D eigenvalue weighted by molar-refractivity contribution is -0.143. The number of carbonyl (C=O) groups excluding carboxylic acids is 1. The van der Waals surface area contributed by atoms with Crippen LogP contribution >= 0.6 is 12.4 Å². The van der Waals surface area contributed by atoms with E-state index in [2.05, 4.69) is 10.6 Å². The van der Waals surface area contributed by atoms with E-state index >= 15 is 0 Å². The number of rotatable bonds is 5. The fourth-order valence-electron chi connectivity index (χ4n) is 5.06. The van der Waals surface area contributed by atoms with Crippen LogP contribution in [0.2, 0.25) is 0 Å². The summed E-state index contributed by atoms with van der Waals surface area (Å²) in [4.78, 5) is 11.8. The van der Waals surface area contributed by atoms with Crippen molar-refractivity contribution in [3.8, 4) is 0 Å². The lowest BCUT2D eigenvalue weighted by Gasteiger charge is -2.42. The topological polar surface area (TPSA) is 59.6 Å². The first-order valence-electron chi connectivity index (χ1n) is 11.0. The Kier molecular flexibility index (Phi) is 8.17. The second-order valence-corrected chi connectivity index (χ2v) is 8.83. The molecule has 2 aliphatic heterocycles. The zero-order valence-corrected chi connectivity index (χ0v) is 19.9. The molecule has 0 saturated carbocycles. The third kappa shape index (κ3) is 5.73. The van der Waals surface area contributed by atoms with Gasteiger partial charge in [0.2, 0.25) is 0 Å². The first-order chi connectivity index (χ1) is 16.4. The summed E-state index contributed by atoms with van der Waals surface area (Å²) in [7, 11) is 1.26. The highest BCUT2D eigenvalue weighted by Gasteiger charge is 2.54. The lowest BCUT2D eigenvalue weighted by Crippen LogP contribution is -2.55. The van der Waals surface area contributed by atoms with E-state index in [0.717, 1.165) is 5.56 Å². The van der Waals surface area contributed by atoms with E-state index in [4.69, 9.17) is 9.47 Å². The Hall–Kier alpha value is -2.50. The van der Waals surface area contributed by atoms with Crippen molar-refractivity contribution in [3.63, 3.8) is 0 Å². The maximum atomic E-state index is 13.2. The van der Waals surface area contributed by atoms with E-state index in [9.17, 15) is 31.1 Å². The van der Waals surface area contributed by atoms with Crippen LogP contribution < -0.4 is 10.6 Å². The third-order valence-electron chi connectivity index (χ3n) is 6.64. The second-order valence-electron chi connectivity index (χ2n) is 8.83. The van der Waals surface area contributed by atoms with Crippen molar-refractivity contribution in [2.24, 2.45) is 0 Å². The Morgan fingerprint density at radius 2 is 1.64 bits per heavy atom. The van der Waals surface area contributed by atoms with Crippen molar-refractivity contribution in [3.05, 3.63) is 70.8 Å². The predicted molar refractivity (Wildman–Crippen MR) is 120 cm³/mol. The number of piperidine rings is 1. The number of benzene rings is 2. The number of methoxy groups -OCH3 is 1. The van der Waals surface area contributed by atoms with Gasteiger partial charge in [0.05, 0.1) is 36.5 Å². The van der Waals surface area contributed by atoms with Crippen LogP contribution in [-0.2, 0) is 34.0 Å². The van der Waals surface area contributed by atoms with E-state index < -0.39 is 47.8 Å². The number of hydrogen-bond donors (Lipinski definition) is 2. The van der Waals surface area contributed by atoms with Gasteiger partial charge in [0, 0.05) is 12.1 Å². The van der Waals surface area contributed by atoms with E-state index in [-0.39, 0.29) is 36.1 Å². The first kappa shape index (κ1) is 28.1. The molecule has 2 aliphatic rings. The van der Waals surface area contributed by atoms with E-state index in [1.54, 1.807) is 0 Å². The largest absolute Gasteiger partial charge is 0.453 e. The molecule has 2 saturated heterocycles. The molecule has 2 fully saturated rings. The van der Waals surface area contributed by atoms with Gasteiger partial charge in [-0.2, -0.15) is 26.3 Å². The molecule has 0 unspecified atom stereocenters. The van der Waals surface area contributed by atoms with Crippen LogP contribution in [0.5, 0.6) is 0 Å². The van der Waals surface area contributed by atoms with Crippen molar-refractivity contribution in [2.45, 2.75) is 61.9 Å². The normalized spacial score (nSPS) is 25.7. The molecule has 0 spiro atoms. The quantitative estimate of drug-likeness (QED) is 0.472. The number of alkyl halides is 6. The van der Waals surface area contributed by atoms with Crippen molar-refractivity contribution in [2.75, 3.05) is 7.11 Å². The average Bonchev–Trinajstić information content (AvgIpc) is 3.10. The molecule has 198 valence electrons. The molecule has 0 radical (unpaired) electrons. The molecule has 4 atom stereocenters. The highest BCUT2D eigenvalue weighted by atomic mass is 35.5. The van der Waals surface area contributed by atoms with Gasteiger partial charge < -0.3 is 20.1 Å².